The third kappa shape index (κ3) is 5.84. The third-order valence-corrected chi connectivity index (χ3v) is 3.57. The first kappa shape index (κ1) is 18.3. The predicted octanol–water partition coefficient (Wildman–Crippen LogP) is 2.15. The largest absolute Gasteiger partial charge is 0.344 e. The normalized spacial score (nSPS) is 11.3. The number of pyridine rings is 1. The summed E-state index contributed by atoms with van der Waals surface area (Å²) in [7, 11) is 0. The lowest BCUT2D eigenvalue weighted by Crippen LogP contribution is -2.37. The van der Waals surface area contributed by atoms with Crippen LogP contribution in [0.15, 0.2) is 53.9 Å². The number of hydrazone groups is 1. The highest BCUT2D eigenvalue weighted by atomic mass is 16.2. The lowest BCUT2D eigenvalue weighted by atomic mass is 9.87. The molecule has 0 saturated heterocycles. The van der Waals surface area contributed by atoms with Gasteiger partial charge < -0.3 is 5.32 Å². The van der Waals surface area contributed by atoms with Crippen molar-refractivity contribution in [3.05, 3.63) is 65.5 Å². The Morgan fingerprint density at radius 1 is 1.04 bits per heavy atom. The van der Waals surface area contributed by atoms with Gasteiger partial charge in [0.25, 0.3) is 0 Å². The lowest BCUT2D eigenvalue weighted by molar-refractivity contribution is -0.139. The van der Waals surface area contributed by atoms with Crippen molar-refractivity contribution in [3.8, 4) is 0 Å². The summed E-state index contributed by atoms with van der Waals surface area (Å²) in [6, 6.07) is 11.4. The van der Waals surface area contributed by atoms with E-state index in [2.05, 4.69) is 41.6 Å². The number of aromatic nitrogens is 1. The number of hydrogen-bond acceptors (Lipinski definition) is 4. The van der Waals surface area contributed by atoms with E-state index >= 15 is 0 Å². The Hall–Kier alpha value is -3.02. The Kier molecular flexibility index (Phi) is 6.00. The molecule has 0 aliphatic rings. The molecule has 2 N–H and O–H groups in total. The first-order valence-electron chi connectivity index (χ1n) is 7.97. The van der Waals surface area contributed by atoms with Crippen molar-refractivity contribution < 1.29 is 9.59 Å². The summed E-state index contributed by atoms with van der Waals surface area (Å²) in [5.41, 5.74) is 5.21. The molecule has 0 radical (unpaired) electrons. The SMILES string of the molecule is CC(C)(C)c1ccc(/C=N/NC(=O)C(=O)NCc2ccncc2)cc1. The highest BCUT2D eigenvalue weighted by Crippen LogP contribution is 2.21. The Balaban J connectivity index is 1.82. The van der Waals surface area contributed by atoms with Crippen LogP contribution >= 0.6 is 0 Å². The number of nitrogens with zero attached hydrogens (tertiary/aromatic N) is 2. The second-order valence-corrected chi connectivity index (χ2v) is 6.61. The zero-order valence-corrected chi connectivity index (χ0v) is 14.6. The molecule has 6 nitrogen and oxygen atoms in total. The van der Waals surface area contributed by atoms with Crippen molar-refractivity contribution in [2.45, 2.75) is 32.7 Å². The monoisotopic (exact) mass is 338 g/mol. The first-order valence-corrected chi connectivity index (χ1v) is 7.97. The Bertz CT molecular complexity index is 747. The van der Waals surface area contributed by atoms with Crippen LogP contribution in [0.1, 0.15) is 37.5 Å². The molecule has 25 heavy (non-hydrogen) atoms. The van der Waals surface area contributed by atoms with Crippen LogP contribution in [-0.2, 0) is 21.5 Å². The van der Waals surface area contributed by atoms with Crippen LogP contribution in [-0.4, -0.2) is 23.0 Å². The third-order valence-electron chi connectivity index (χ3n) is 3.57. The van der Waals surface area contributed by atoms with E-state index in [9.17, 15) is 9.59 Å². The van der Waals surface area contributed by atoms with Crippen molar-refractivity contribution in [2.75, 3.05) is 0 Å². The van der Waals surface area contributed by atoms with Gasteiger partial charge in [-0.3, -0.25) is 14.6 Å². The van der Waals surface area contributed by atoms with Gasteiger partial charge >= 0.3 is 11.8 Å². The summed E-state index contributed by atoms with van der Waals surface area (Å²) in [6.45, 7) is 6.68. The fourth-order valence-corrected chi connectivity index (χ4v) is 2.05. The Morgan fingerprint density at radius 3 is 2.28 bits per heavy atom. The second-order valence-electron chi connectivity index (χ2n) is 6.61. The lowest BCUT2D eigenvalue weighted by Gasteiger charge is -2.18. The fraction of sp³-hybridized carbons (Fsp3) is 0.263. The minimum absolute atomic E-state index is 0.0802. The van der Waals surface area contributed by atoms with Crippen molar-refractivity contribution in [1.82, 2.24) is 15.7 Å². The Labute approximate surface area is 147 Å². The molecule has 0 unspecified atom stereocenters. The van der Waals surface area contributed by atoms with Crippen molar-refractivity contribution in [1.29, 1.82) is 0 Å². The molecule has 1 aromatic carbocycles. The van der Waals surface area contributed by atoms with E-state index in [-0.39, 0.29) is 12.0 Å². The maximum Gasteiger partial charge on any atom is 0.329 e. The summed E-state index contributed by atoms with van der Waals surface area (Å²) < 4.78 is 0. The van der Waals surface area contributed by atoms with E-state index in [0.29, 0.717) is 0 Å². The van der Waals surface area contributed by atoms with Gasteiger partial charge in [-0.15, -0.1) is 0 Å². The van der Waals surface area contributed by atoms with E-state index in [4.69, 9.17) is 0 Å². The number of rotatable bonds is 4. The maximum atomic E-state index is 11.7. The molecule has 0 spiro atoms. The van der Waals surface area contributed by atoms with Gasteiger partial charge in [0.1, 0.15) is 0 Å². The van der Waals surface area contributed by atoms with E-state index in [0.717, 1.165) is 11.1 Å². The molecule has 0 aliphatic heterocycles. The number of nitrogens with one attached hydrogen (secondary N) is 2. The molecular formula is C19H22N4O2. The van der Waals surface area contributed by atoms with Crippen LogP contribution in [0.25, 0.3) is 0 Å². The van der Waals surface area contributed by atoms with Crippen LogP contribution < -0.4 is 10.7 Å². The van der Waals surface area contributed by atoms with Gasteiger partial charge in [-0.25, -0.2) is 5.43 Å². The van der Waals surface area contributed by atoms with E-state index in [1.165, 1.54) is 11.8 Å². The molecule has 0 bridgehead atoms. The summed E-state index contributed by atoms with van der Waals surface area (Å²) in [5.74, 6) is -1.55. The molecule has 2 rings (SSSR count). The van der Waals surface area contributed by atoms with Crippen molar-refractivity contribution in [3.63, 3.8) is 0 Å². The fourth-order valence-electron chi connectivity index (χ4n) is 2.05. The maximum absolute atomic E-state index is 11.7. The molecule has 0 atom stereocenters. The van der Waals surface area contributed by atoms with Crippen LogP contribution in [0.2, 0.25) is 0 Å². The van der Waals surface area contributed by atoms with Crippen molar-refractivity contribution >= 4 is 18.0 Å². The zero-order chi connectivity index (χ0) is 18.3. The molecular weight excluding hydrogens is 316 g/mol. The second kappa shape index (κ2) is 8.19. The van der Waals surface area contributed by atoms with Gasteiger partial charge in [0, 0.05) is 18.9 Å². The average molecular weight is 338 g/mol. The van der Waals surface area contributed by atoms with Gasteiger partial charge in [0.15, 0.2) is 0 Å². The Morgan fingerprint density at radius 2 is 1.68 bits per heavy atom. The molecule has 2 amide bonds. The summed E-state index contributed by atoms with van der Waals surface area (Å²) >= 11 is 0. The summed E-state index contributed by atoms with van der Waals surface area (Å²) in [5, 5.41) is 6.33. The number of carbonyl (C=O) groups is 2. The van der Waals surface area contributed by atoms with Gasteiger partial charge in [-0.2, -0.15) is 5.10 Å². The first-order chi connectivity index (χ1) is 11.9. The zero-order valence-electron chi connectivity index (χ0n) is 14.6. The minimum atomic E-state index is -0.809. The molecule has 0 saturated carbocycles. The van der Waals surface area contributed by atoms with Gasteiger partial charge in [0.2, 0.25) is 0 Å². The molecule has 6 heteroatoms. The van der Waals surface area contributed by atoms with E-state index in [1.807, 2.05) is 24.3 Å². The minimum Gasteiger partial charge on any atom is -0.344 e. The van der Waals surface area contributed by atoms with Gasteiger partial charge in [-0.05, 0) is 34.2 Å². The van der Waals surface area contributed by atoms with E-state index in [1.54, 1.807) is 24.5 Å². The van der Waals surface area contributed by atoms with E-state index < -0.39 is 11.8 Å². The predicted molar refractivity (Wildman–Crippen MR) is 97.0 cm³/mol. The summed E-state index contributed by atoms with van der Waals surface area (Å²) in [6.07, 6.45) is 4.74. The molecule has 1 heterocycles. The molecule has 0 aliphatic carbocycles. The average Bonchev–Trinajstić information content (AvgIpc) is 2.60. The number of benzene rings is 1. The molecule has 1 aromatic heterocycles. The van der Waals surface area contributed by atoms with Crippen LogP contribution in [0.5, 0.6) is 0 Å². The van der Waals surface area contributed by atoms with Gasteiger partial charge in [-0.1, -0.05) is 45.0 Å². The number of amides is 2. The quantitative estimate of drug-likeness (QED) is 0.509. The number of hydrogen-bond donors (Lipinski definition) is 2. The highest BCUT2D eigenvalue weighted by molar-refractivity contribution is 6.35. The molecule has 2 aromatic rings. The standard InChI is InChI=1S/C19H22N4O2/c1-19(2,3)16-6-4-14(5-7-16)13-22-23-18(25)17(24)21-12-15-8-10-20-11-9-15/h4-11,13H,12H2,1-3H3,(H,21,24)(H,23,25)/b22-13+. The van der Waals surface area contributed by atoms with Gasteiger partial charge in [0.05, 0.1) is 6.21 Å². The number of carbonyl (C=O) groups excluding carboxylic acids is 2. The topological polar surface area (TPSA) is 83.5 Å². The van der Waals surface area contributed by atoms with Crippen LogP contribution in [0, 0.1) is 0 Å². The molecule has 0 fully saturated rings. The molecule has 130 valence electrons. The van der Waals surface area contributed by atoms with Crippen molar-refractivity contribution in [2.24, 2.45) is 5.10 Å². The van der Waals surface area contributed by atoms with Crippen LogP contribution in [0.3, 0.4) is 0 Å². The summed E-state index contributed by atoms with van der Waals surface area (Å²) in [4.78, 5) is 27.3. The smallest absolute Gasteiger partial charge is 0.329 e. The van der Waals surface area contributed by atoms with Crippen LogP contribution in [0.4, 0.5) is 0 Å². The highest BCUT2D eigenvalue weighted by Gasteiger charge is 2.13.